The molecular formula is C23H38N2O6. The third-order valence-corrected chi connectivity index (χ3v) is 5.79. The lowest BCUT2D eigenvalue weighted by atomic mass is 9.88. The highest BCUT2D eigenvalue weighted by Crippen LogP contribution is 2.26. The molecule has 1 saturated heterocycles. The smallest absolute Gasteiger partial charge is 0.329 e. The molecular weight excluding hydrogens is 400 g/mol. The average molecular weight is 439 g/mol. The van der Waals surface area contributed by atoms with Crippen LogP contribution in [0.15, 0.2) is 0 Å². The molecule has 2 aliphatic rings. The molecule has 0 spiro atoms. The Morgan fingerprint density at radius 2 is 1.74 bits per heavy atom. The molecule has 1 aliphatic carbocycles. The summed E-state index contributed by atoms with van der Waals surface area (Å²) in [5.74, 6) is -0.629. The SMILES string of the molecule is CC(C)(C)OC(=O)[C@H](CC=O)N(CC1CCCCC1)C(=O)CCC(=O)N1CCOCC1. The zero-order chi connectivity index (χ0) is 22.9. The molecule has 8 heteroatoms. The zero-order valence-electron chi connectivity index (χ0n) is 19.3. The molecule has 0 bridgehead atoms. The number of hydrogen-bond donors (Lipinski definition) is 0. The summed E-state index contributed by atoms with van der Waals surface area (Å²) in [6.45, 7) is 7.78. The second-order valence-corrected chi connectivity index (χ2v) is 9.49. The number of carbonyl (C=O) groups is 4. The largest absolute Gasteiger partial charge is 0.458 e. The Morgan fingerprint density at radius 3 is 2.32 bits per heavy atom. The fraction of sp³-hybridized carbons (Fsp3) is 0.826. The molecule has 1 aliphatic heterocycles. The quantitative estimate of drug-likeness (QED) is 0.405. The molecule has 2 fully saturated rings. The Bertz CT molecular complexity index is 618. The predicted octanol–water partition coefficient (Wildman–Crippen LogP) is 2.33. The number of amides is 2. The molecule has 2 amide bonds. The Balaban J connectivity index is 2.10. The molecule has 0 aromatic heterocycles. The van der Waals surface area contributed by atoms with Crippen molar-refractivity contribution < 1.29 is 28.7 Å². The Kier molecular flexibility index (Phi) is 9.93. The molecule has 0 N–H and O–H groups in total. The summed E-state index contributed by atoms with van der Waals surface area (Å²) in [5.41, 5.74) is -0.718. The zero-order valence-corrected chi connectivity index (χ0v) is 19.3. The standard InChI is InChI=1S/C23H38N2O6/c1-23(2,3)31-22(29)19(11-14-26)25(17-18-7-5-4-6-8-18)21(28)10-9-20(27)24-12-15-30-16-13-24/h14,18-19H,4-13,15-17H2,1-3H3/t19-/m0/s1. The molecule has 1 heterocycles. The van der Waals surface area contributed by atoms with E-state index in [2.05, 4.69) is 0 Å². The van der Waals surface area contributed by atoms with Crippen LogP contribution in [0.2, 0.25) is 0 Å². The maximum Gasteiger partial charge on any atom is 0.329 e. The minimum Gasteiger partial charge on any atom is -0.458 e. The molecule has 1 atom stereocenters. The normalized spacial score (nSPS) is 18.9. The number of aldehydes is 1. The van der Waals surface area contributed by atoms with Crippen LogP contribution in [0.3, 0.4) is 0 Å². The van der Waals surface area contributed by atoms with E-state index in [-0.39, 0.29) is 31.1 Å². The summed E-state index contributed by atoms with van der Waals surface area (Å²) in [6.07, 6.45) is 6.04. The lowest BCUT2D eigenvalue weighted by Crippen LogP contribution is -2.50. The van der Waals surface area contributed by atoms with Crippen molar-refractivity contribution in [3.63, 3.8) is 0 Å². The van der Waals surface area contributed by atoms with E-state index in [0.717, 1.165) is 25.7 Å². The summed E-state index contributed by atoms with van der Waals surface area (Å²) in [7, 11) is 0. The van der Waals surface area contributed by atoms with Crippen molar-refractivity contribution in [2.45, 2.75) is 83.8 Å². The van der Waals surface area contributed by atoms with Crippen molar-refractivity contribution in [3.8, 4) is 0 Å². The van der Waals surface area contributed by atoms with Crippen LogP contribution in [0.4, 0.5) is 0 Å². The van der Waals surface area contributed by atoms with Gasteiger partial charge < -0.3 is 24.1 Å². The van der Waals surface area contributed by atoms with Gasteiger partial charge in [0.15, 0.2) is 0 Å². The van der Waals surface area contributed by atoms with Crippen LogP contribution in [-0.4, -0.2) is 78.4 Å². The number of rotatable bonds is 9. The minimum atomic E-state index is -0.954. The molecule has 176 valence electrons. The molecule has 31 heavy (non-hydrogen) atoms. The van der Waals surface area contributed by atoms with Crippen LogP contribution in [-0.2, 0) is 28.7 Å². The van der Waals surface area contributed by atoms with Gasteiger partial charge in [0.1, 0.15) is 17.9 Å². The van der Waals surface area contributed by atoms with Crippen LogP contribution in [0.5, 0.6) is 0 Å². The Hall–Kier alpha value is -1.96. The Labute approximate surface area is 185 Å². The second-order valence-electron chi connectivity index (χ2n) is 9.49. The number of hydrogen-bond acceptors (Lipinski definition) is 6. The van der Waals surface area contributed by atoms with E-state index in [1.807, 2.05) is 0 Å². The van der Waals surface area contributed by atoms with Gasteiger partial charge in [0, 0.05) is 38.9 Å². The van der Waals surface area contributed by atoms with Crippen LogP contribution < -0.4 is 0 Å². The van der Waals surface area contributed by atoms with Gasteiger partial charge in [0.2, 0.25) is 11.8 Å². The fourth-order valence-electron chi connectivity index (χ4n) is 4.19. The highest BCUT2D eigenvalue weighted by atomic mass is 16.6. The Morgan fingerprint density at radius 1 is 1.10 bits per heavy atom. The van der Waals surface area contributed by atoms with Crippen molar-refractivity contribution in [1.82, 2.24) is 9.80 Å². The van der Waals surface area contributed by atoms with Crippen LogP contribution in [0, 0.1) is 5.92 Å². The van der Waals surface area contributed by atoms with Gasteiger partial charge in [-0.25, -0.2) is 4.79 Å². The highest BCUT2D eigenvalue weighted by Gasteiger charge is 2.35. The summed E-state index contributed by atoms with van der Waals surface area (Å²) < 4.78 is 10.8. The lowest BCUT2D eigenvalue weighted by molar-refractivity contribution is -0.166. The number of esters is 1. The summed E-state index contributed by atoms with van der Waals surface area (Å²) >= 11 is 0. The van der Waals surface area contributed by atoms with E-state index < -0.39 is 17.6 Å². The van der Waals surface area contributed by atoms with Crippen molar-refractivity contribution in [1.29, 1.82) is 0 Å². The van der Waals surface area contributed by atoms with Gasteiger partial charge in [-0.3, -0.25) is 9.59 Å². The molecule has 1 saturated carbocycles. The van der Waals surface area contributed by atoms with Gasteiger partial charge >= 0.3 is 5.97 Å². The number of ether oxygens (including phenoxy) is 2. The summed E-state index contributed by atoms with van der Waals surface area (Å²) in [4.78, 5) is 53.1. The van der Waals surface area contributed by atoms with E-state index in [9.17, 15) is 19.2 Å². The third-order valence-electron chi connectivity index (χ3n) is 5.79. The topological polar surface area (TPSA) is 93.2 Å². The number of nitrogens with zero attached hydrogens (tertiary/aromatic N) is 2. The molecule has 0 aromatic carbocycles. The average Bonchev–Trinajstić information content (AvgIpc) is 2.74. The van der Waals surface area contributed by atoms with Gasteiger partial charge in [-0.1, -0.05) is 19.3 Å². The van der Waals surface area contributed by atoms with Gasteiger partial charge in [-0.15, -0.1) is 0 Å². The number of morpholine rings is 1. The molecule has 0 unspecified atom stereocenters. The fourth-order valence-corrected chi connectivity index (χ4v) is 4.19. The van der Waals surface area contributed by atoms with Crippen molar-refractivity contribution >= 4 is 24.1 Å². The first kappa shape index (κ1) is 25.3. The van der Waals surface area contributed by atoms with Crippen LogP contribution in [0.1, 0.15) is 72.1 Å². The van der Waals surface area contributed by atoms with Crippen molar-refractivity contribution in [2.24, 2.45) is 5.92 Å². The first-order valence-electron chi connectivity index (χ1n) is 11.5. The van der Waals surface area contributed by atoms with E-state index in [0.29, 0.717) is 45.1 Å². The minimum absolute atomic E-state index is 0.0149. The van der Waals surface area contributed by atoms with Crippen LogP contribution >= 0.6 is 0 Å². The molecule has 0 radical (unpaired) electrons. The molecule has 0 aromatic rings. The highest BCUT2D eigenvalue weighted by molar-refractivity contribution is 5.88. The molecule has 8 nitrogen and oxygen atoms in total. The monoisotopic (exact) mass is 438 g/mol. The van der Waals surface area contributed by atoms with Crippen molar-refractivity contribution in [3.05, 3.63) is 0 Å². The van der Waals surface area contributed by atoms with E-state index in [1.54, 1.807) is 25.7 Å². The van der Waals surface area contributed by atoms with E-state index in [1.165, 1.54) is 11.3 Å². The maximum absolute atomic E-state index is 13.2. The maximum atomic E-state index is 13.2. The lowest BCUT2D eigenvalue weighted by Gasteiger charge is -2.35. The van der Waals surface area contributed by atoms with Gasteiger partial charge in [0.25, 0.3) is 0 Å². The summed E-state index contributed by atoms with van der Waals surface area (Å²) in [5, 5.41) is 0. The van der Waals surface area contributed by atoms with E-state index >= 15 is 0 Å². The van der Waals surface area contributed by atoms with Crippen molar-refractivity contribution in [2.75, 3.05) is 32.8 Å². The van der Waals surface area contributed by atoms with Gasteiger partial charge in [-0.05, 0) is 39.5 Å². The van der Waals surface area contributed by atoms with Crippen LogP contribution in [0.25, 0.3) is 0 Å². The summed E-state index contributed by atoms with van der Waals surface area (Å²) in [6, 6.07) is -0.954. The van der Waals surface area contributed by atoms with Gasteiger partial charge in [0.05, 0.1) is 13.2 Å². The third kappa shape index (κ3) is 8.59. The van der Waals surface area contributed by atoms with E-state index in [4.69, 9.17) is 9.47 Å². The first-order chi connectivity index (χ1) is 14.7. The van der Waals surface area contributed by atoms with Gasteiger partial charge in [-0.2, -0.15) is 0 Å². The predicted molar refractivity (Wildman–Crippen MR) is 115 cm³/mol. The second kappa shape index (κ2) is 12.2. The molecule has 2 rings (SSSR count). The first-order valence-corrected chi connectivity index (χ1v) is 11.5. The number of carbonyl (C=O) groups excluding carboxylic acids is 4.